The van der Waals surface area contributed by atoms with Gasteiger partial charge in [-0.2, -0.15) is 8.42 Å². The zero-order valence-electron chi connectivity index (χ0n) is 14.1. The van der Waals surface area contributed by atoms with Crippen molar-refractivity contribution >= 4 is 16.0 Å². The van der Waals surface area contributed by atoms with Gasteiger partial charge in [-0.1, -0.05) is 20.4 Å². The molecule has 0 spiro atoms. The molecule has 0 aromatic heterocycles. The Hall–Kier alpha value is -0.920. The van der Waals surface area contributed by atoms with Gasteiger partial charge in [0.25, 0.3) is 10.1 Å². The van der Waals surface area contributed by atoms with E-state index < -0.39 is 26.6 Å². The molecule has 1 amide bonds. The smallest absolute Gasteiger partial charge is 0.271 e. The molecule has 6 atom stereocenters. The monoisotopic (exact) mass is 343 g/mol. The molecular weight excluding hydrogens is 318 g/mol. The summed E-state index contributed by atoms with van der Waals surface area (Å²) in [5, 5.41) is 2.25. The fourth-order valence-corrected chi connectivity index (χ4v) is 7.61. The molecule has 23 heavy (non-hydrogen) atoms. The number of nitrogens with one attached hydrogen (secondary N) is 1. The van der Waals surface area contributed by atoms with Crippen LogP contribution in [0, 0.1) is 17.3 Å². The minimum Gasteiger partial charge on any atom is -0.370 e. The highest BCUT2D eigenvalue weighted by molar-refractivity contribution is 7.87. The average Bonchev–Trinajstić information content (AvgIpc) is 2.89. The van der Waals surface area contributed by atoms with Crippen LogP contribution in [0.1, 0.15) is 34.1 Å². The third-order valence-corrected chi connectivity index (χ3v) is 8.66. The molecule has 1 aliphatic heterocycles. The summed E-state index contributed by atoms with van der Waals surface area (Å²) in [6.45, 7) is 12.1. The number of amides is 1. The van der Waals surface area contributed by atoms with E-state index in [0.717, 1.165) is 0 Å². The third-order valence-electron chi connectivity index (χ3n) is 6.88. The lowest BCUT2D eigenvalue weighted by molar-refractivity contribution is -0.191. The van der Waals surface area contributed by atoms with Crippen molar-refractivity contribution in [3.05, 3.63) is 12.7 Å². The maximum atomic E-state index is 12.4. The Morgan fingerprint density at radius 1 is 1.43 bits per heavy atom. The molecule has 130 valence electrons. The maximum Gasteiger partial charge on any atom is 0.271 e. The lowest BCUT2D eigenvalue weighted by Crippen LogP contribution is -2.60. The molecule has 6 unspecified atom stereocenters. The first-order valence-corrected chi connectivity index (χ1v) is 9.49. The summed E-state index contributed by atoms with van der Waals surface area (Å²) >= 11 is 0. The van der Waals surface area contributed by atoms with Gasteiger partial charge in [0.2, 0.25) is 5.91 Å². The van der Waals surface area contributed by atoms with Crippen molar-refractivity contribution < 1.29 is 22.1 Å². The lowest BCUT2D eigenvalue weighted by Gasteiger charge is -2.49. The summed E-state index contributed by atoms with van der Waals surface area (Å²) in [5.41, 5.74) is -1.85. The van der Waals surface area contributed by atoms with E-state index in [4.69, 9.17) is 8.92 Å². The van der Waals surface area contributed by atoms with Crippen LogP contribution < -0.4 is 5.32 Å². The molecule has 2 aliphatic carbocycles. The number of carbonyl (C=O) groups excluding carboxylic acids is 1. The van der Waals surface area contributed by atoms with Crippen LogP contribution in [0.5, 0.6) is 0 Å². The van der Waals surface area contributed by atoms with Crippen molar-refractivity contribution in [2.45, 2.75) is 50.6 Å². The standard InChI is InChI=1S/C16H25NO5S/c1-6-12(18)17-7-8-21-16(5)14(3)9-11-13(10(14)2)15(16,4)22-23(11,19)20/h6,10-11,13H,1,7-9H2,2-5H3,(H,17,18). The number of rotatable bonds is 5. The minimum atomic E-state index is -3.54. The molecule has 1 saturated heterocycles. The third kappa shape index (κ3) is 1.87. The fourth-order valence-electron chi connectivity index (χ4n) is 5.32. The summed E-state index contributed by atoms with van der Waals surface area (Å²) in [4.78, 5) is 11.2. The molecule has 1 heterocycles. The van der Waals surface area contributed by atoms with Gasteiger partial charge in [0.1, 0.15) is 11.2 Å². The Bertz CT molecular complexity index is 661. The molecule has 0 aromatic rings. The highest BCUT2D eigenvalue weighted by Crippen LogP contribution is 2.74. The van der Waals surface area contributed by atoms with Gasteiger partial charge in [0, 0.05) is 17.9 Å². The van der Waals surface area contributed by atoms with Gasteiger partial charge in [-0.15, -0.1) is 0 Å². The Labute approximate surface area is 137 Å². The molecule has 0 radical (unpaired) electrons. The van der Waals surface area contributed by atoms with Crippen molar-refractivity contribution in [2.75, 3.05) is 13.2 Å². The highest BCUT2D eigenvalue weighted by Gasteiger charge is 2.83. The van der Waals surface area contributed by atoms with E-state index in [1.54, 1.807) is 0 Å². The lowest BCUT2D eigenvalue weighted by atomic mass is 9.66. The summed E-state index contributed by atoms with van der Waals surface area (Å²) in [7, 11) is -3.54. The van der Waals surface area contributed by atoms with Crippen molar-refractivity contribution in [2.24, 2.45) is 17.3 Å². The van der Waals surface area contributed by atoms with Gasteiger partial charge in [0.05, 0.1) is 11.9 Å². The number of hydrogen-bond donors (Lipinski definition) is 1. The van der Waals surface area contributed by atoms with Crippen molar-refractivity contribution in [3.63, 3.8) is 0 Å². The van der Waals surface area contributed by atoms with Crippen LogP contribution in [-0.4, -0.2) is 43.9 Å². The molecule has 6 nitrogen and oxygen atoms in total. The molecule has 3 aliphatic rings. The van der Waals surface area contributed by atoms with Crippen LogP contribution >= 0.6 is 0 Å². The average molecular weight is 343 g/mol. The van der Waals surface area contributed by atoms with Crippen LogP contribution in [0.2, 0.25) is 0 Å². The van der Waals surface area contributed by atoms with Gasteiger partial charge in [-0.05, 0) is 32.3 Å². The summed E-state index contributed by atoms with van der Waals surface area (Å²) in [6, 6.07) is 0. The largest absolute Gasteiger partial charge is 0.370 e. The van der Waals surface area contributed by atoms with Gasteiger partial charge in [-0.25, -0.2) is 0 Å². The normalized spacial score (nSPS) is 49.3. The minimum absolute atomic E-state index is 0.0507. The van der Waals surface area contributed by atoms with Crippen LogP contribution in [-0.2, 0) is 23.8 Å². The zero-order chi connectivity index (χ0) is 17.3. The van der Waals surface area contributed by atoms with Gasteiger partial charge in [0.15, 0.2) is 0 Å². The summed E-state index contributed by atoms with van der Waals surface area (Å²) in [6.07, 6.45) is 1.77. The van der Waals surface area contributed by atoms with Crippen LogP contribution in [0.4, 0.5) is 0 Å². The molecule has 3 fully saturated rings. The first-order valence-electron chi connectivity index (χ1n) is 8.02. The number of carbonyl (C=O) groups is 1. The van der Waals surface area contributed by atoms with E-state index in [1.807, 2.05) is 13.8 Å². The highest BCUT2D eigenvalue weighted by atomic mass is 32.2. The quantitative estimate of drug-likeness (QED) is 0.461. The van der Waals surface area contributed by atoms with E-state index in [1.165, 1.54) is 6.08 Å². The molecule has 2 saturated carbocycles. The van der Waals surface area contributed by atoms with E-state index in [0.29, 0.717) is 19.6 Å². The van der Waals surface area contributed by atoms with Crippen LogP contribution in [0.15, 0.2) is 12.7 Å². The van der Waals surface area contributed by atoms with E-state index in [2.05, 4.69) is 25.7 Å². The first-order chi connectivity index (χ1) is 10.5. The summed E-state index contributed by atoms with van der Waals surface area (Å²) < 4.78 is 36.5. The summed E-state index contributed by atoms with van der Waals surface area (Å²) in [5.74, 6) is -0.106. The molecule has 0 aromatic carbocycles. The Kier molecular flexibility index (Phi) is 3.53. The van der Waals surface area contributed by atoms with E-state index >= 15 is 0 Å². The second-order valence-corrected chi connectivity index (χ2v) is 9.29. The maximum absolute atomic E-state index is 12.4. The second kappa shape index (κ2) is 4.80. The predicted octanol–water partition coefficient (Wildman–Crippen LogP) is 1.23. The topological polar surface area (TPSA) is 81.7 Å². The molecular formula is C16H25NO5S. The number of ether oxygens (including phenoxy) is 1. The van der Waals surface area contributed by atoms with E-state index in [9.17, 15) is 13.2 Å². The second-order valence-electron chi connectivity index (χ2n) is 7.53. The number of hydrogen-bond acceptors (Lipinski definition) is 5. The molecule has 7 heteroatoms. The van der Waals surface area contributed by atoms with Crippen molar-refractivity contribution in [1.29, 1.82) is 0 Å². The Morgan fingerprint density at radius 2 is 2.09 bits per heavy atom. The van der Waals surface area contributed by atoms with Gasteiger partial charge < -0.3 is 10.1 Å². The zero-order valence-corrected chi connectivity index (χ0v) is 14.9. The predicted molar refractivity (Wildman–Crippen MR) is 85.1 cm³/mol. The fraction of sp³-hybridized carbons (Fsp3) is 0.812. The Balaban J connectivity index is 1.85. The number of fused-ring (bicyclic) bond motifs is 1. The molecule has 3 rings (SSSR count). The van der Waals surface area contributed by atoms with E-state index in [-0.39, 0.29) is 23.2 Å². The molecule has 2 bridgehead atoms. The van der Waals surface area contributed by atoms with Crippen LogP contribution in [0.3, 0.4) is 0 Å². The van der Waals surface area contributed by atoms with Crippen LogP contribution in [0.25, 0.3) is 0 Å². The first kappa shape index (κ1) is 16.9. The SMILES string of the molecule is C=CC(=O)NCCOC1(C)C2(C)CC3C(C2C)C1(C)OS3(=O)=O. The van der Waals surface area contributed by atoms with Gasteiger partial charge in [-0.3, -0.25) is 8.98 Å². The van der Waals surface area contributed by atoms with Crippen molar-refractivity contribution in [1.82, 2.24) is 5.32 Å². The molecule has 1 N–H and O–H groups in total. The Morgan fingerprint density at radius 3 is 2.70 bits per heavy atom. The van der Waals surface area contributed by atoms with Gasteiger partial charge >= 0.3 is 0 Å². The van der Waals surface area contributed by atoms with Crippen molar-refractivity contribution in [3.8, 4) is 0 Å².